The molecule has 1 unspecified atom stereocenters. The first kappa shape index (κ1) is 22.3. The highest BCUT2D eigenvalue weighted by Gasteiger charge is 2.43. The standard InChI is InChI=1S/C23H24Cl2N2O3/c1-15(17-7-3-2-4-8-17)13-27-14-18(21(28)23(27)30)22(29)26-11-5-6-16-9-10-19(24)20(25)12-16/h2-4,7-10,12,15,18H,5-6,11,13-14H2,1H3,(H,26,29)/t15-,18?/m0/s1. The zero-order valence-corrected chi connectivity index (χ0v) is 18.2. The van der Waals surface area contributed by atoms with Crippen LogP contribution < -0.4 is 5.32 Å². The van der Waals surface area contributed by atoms with Gasteiger partial charge in [0.25, 0.3) is 5.91 Å². The molecule has 1 N–H and O–H groups in total. The van der Waals surface area contributed by atoms with Crippen LogP contribution in [0.4, 0.5) is 0 Å². The Balaban J connectivity index is 1.48. The Hall–Kier alpha value is -2.37. The van der Waals surface area contributed by atoms with Crippen molar-refractivity contribution < 1.29 is 14.4 Å². The molecule has 1 aliphatic heterocycles. The molecule has 2 aromatic carbocycles. The summed E-state index contributed by atoms with van der Waals surface area (Å²) in [7, 11) is 0. The summed E-state index contributed by atoms with van der Waals surface area (Å²) < 4.78 is 0. The van der Waals surface area contributed by atoms with Gasteiger partial charge in [0, 0.05) is 19.6 Å². The van der Waals surface area contributed by atoms with Gasteiger partial charge in [0.15, 0.2) is 0 Å². The van der Waals surface area contributed by atoms with E-state index in [1.807, 2.05) is 43.3 Å². The van der Waals surface area contributed by atoms with Crippen LogP contribution >= 0.6 is 23.2 Å². The van der Waals surface area contributed by atoms with Gasteiger partial charge in [-0.2, -0.15) is 0 Å². The second-order valence-corrected chi connectivity index (χ2v) is 8.40. The summed E-state index contributed by atoms with van der Waals surface area (Å²) in [6.07, 6.45) is 1.41. The SMILES string of the molecule is C[C@@H](CN1CC(C(=O)NCCCc2ccc(Cl)c(Cl)c2)C(=O)C1=O)c1ccccc1. The average molecular weight is 447 g/mol. The lowest BCUT2D eigenvalue weighted by molar-refractivity contribution is -0.142. The maximum absolute atomic E-state index is 12.5. The van der Waals surface area contributed by atoms with Gasteiger partial charge in [0.05, 0.1) is 10.0 Å². The maximum Gasteiger partial charge on any atom is 0.290 e. The van der Waals surface area contributed by atoms with Crippen LogP contribution in [0.15, 0.2) is 48.5 Å². The zero-order chi connectivity index (χ0) is 21.7. The number of nitrogens with one attached hydrogen (secondary N) is 1. The minimum absolute atomic E-state index is 0.0796. The van der Waals surface area contributed by atoms with Gasteiger partial charge in [-0.15, -0.1) is 0 Å². The molecule has 0 aromatic heterocycles. The van der Waals surface area contributed by atoms with Crippen LogP contribution in [-0.2, 0) is 20.8 Å². The third-order valence-corrected chi connectivity index (χ3v) is 6.06. The van der Waals surface area contributed by atoms with Gasteiger partial charge < -0.3 is 10.2 Å². The summed E-state index contributed by atoms with van der Waals surface area (Å²) in [5.41, 5.74) is 2.11. The predicted octanol–water partition coefficient (Wildman–Crippen LogP) is 3.87. The first-order valence-corrected chi connectivity index (χ1v) is 10.7. The second kappa shape index (κ2) is 10.1. The number of hydrogen-bond acceptors (Lipinski definition) is 3. The van der Waals surface area contributed by atoms with Crippen LogP contribution in [0.2, 0.25) is 10.0 Å². The zero-order valence-electron chi connectivity index (χ0n) is 16.7. The van der Waals surface area contributed by atoms with Crippen molar-refractivity contribution >= 4 is 40.8 Å². The fraction of sp³-hybridized carbons (Fsp3) is 0.348. The summed E-state index contributed by atoms with van der Waals surface area (Å²) in [5, 5.41) is 3.78. The second-order valence-electron chi connectivity index (χ2n) is 7.58. The molecule has 1 heterocycles. The number of benzene rings is 2. The number of amides is 2. The Bertz CT molecular complexity index is 933. The fourth-order valence-electron chi connectivity index (χ4n) is 3.59. The average Bonchev–Trinajstić information content (AvgIpc) is 3.02. The smallest absolute Gasteiger partial charge is 0.290 e. The number of rotatable bonds is 8. The van der Waals surface area contributed by atoms with Gasteiger partial charge in [0.1, 0.15) is 5.92 Å². The Morgan fingerprint density at radius 1 is 1.13 bits per heavy atom. The normalized spacial score (nSPS) is 17.3. The molecule has 2 atom stereocenters. The molecule has 0 saturated carbocycles. The van der Waals surface area contributed by atoms with E-state index in [2.05, 4.69) is 5.32 Å². The number of carbonyl (C=O) groups is 3. The molecule has 1 saturated heterocycles. The minimum Gasteiger partial charge on any atom is -0.355 e. The fourth-order valence-corrected chi connectivity index (χ4v) is 3.91. The van der Waals surface area contributed by atoms with Crippen molar-refractivity contribution in [1.29, 1.82) is 0 Å². The lowest BCUT2D eigenvalue weighted by Gasteiger charge is -2.20. The van der Waals surface area contributed by atoms with Gasteiger partial charge in [-0.3, -0.25) is 14.4 Å². The lowest BCUT2D eigenvalue weighted by atomic mass is 10.0. The third kappa shape index (κ3) is 5.41. The van der Waals surface area contributed by atoms with Gasteiger partial charge in [-0.05, 0) is 42.0 Å². The monoisotopic (exact) mass is 446 g/mol. The highest BCUT2D eigenvalue weighted by atomic mass is 35.5. The lowest BCUT2D eigenvalue weighted by Crippen LogP contribution is -2.36. The Morgan fingerprint density at radius 2 is 1.87 bits per heavy atom. The van der Waals surface area contributed by atoms with Crippen LogP contribution in [0.25, 0.3) is 0 Å². The van der Waals surface area contributed by atoms with E-state index in [9.17, 15) is 14.4 Å². The van der Waals surface area contributed by atoms with Gasteiger partial charge in [-0.25, -0.2) is 0 Å². The number of halogens is 2. The van der Waals surface area contributed by atoms with Crippen molar-refractivity contribution in [3.05, 3.63) is 69.7 Å². The maximum atomic E-state index is 12.5. The van der Waals surface area contributed by atoms with Crippen molar-refractivity contribution in [2.24, 2.45) is 5.92 Å². The van der Waals surface area contributed by atoms with E-state index in [0.29, 0.717) is 29.6 Å². The molecule has 7 heteroatoms. The van der Waals surface area contributed by atoms with E-state index in [1.54, 1.807) is 12.1 Å². The molecular formula is C23H24Cl2N2O3. The van der Waals surface area contributed by atoms with Crippen LogP contribution in [0.3, 0.4) is 0 Å². The number of hydrogen-bond donors (Lipinski definition) is 1. The van der Waals surface area contributed by atoms with Crippen LogP contribution in [0.5, 0.6) is 0 Å². The number of likely N-dealkylation sites (tertiary alicyclic amines) is 1. The summed E-state index contributed by atoms with van der Waals surface area (Å²) in [5.74, 6) is -2.45. The highest BCUT2D eigenvalue weighted by Crippen LogP contribution is 2.23. The molecule has 158 valence electrons. The molecule has 5 nitrogen and oxygen atoms in total. The number of carbonyl (C=O) groups excluding carboxylic acids is 3. The number of ketones is 1. The number of Topliss-reactive ketones (excluding diaryl/α,β-unsaturated/α-hetero) is 1. The van der Waals surface area contributed by atoms with E-state index in [0.717, 1.165) is 17.5 Å². The first-order valence-electron chi connectivity index (χ1n) is 9.96. The molecule has 3 rings (SSSR count). The molecular weight excluding hydrogens is 423 g/mol. The topological polar surface area (TPSA) is 66.5 Å². The minimum atomic E-state index is -0.939. The highest BCUT2D eigenvalue weighted by molar-refractivity contribution is 6.42. The van der Waals surface area contributed by atoms with Gasteiger partial charge >= 0.3 is 0 Å². The largest absolute Gasteiger partial charge is 0.355 e. The van der Waals surface area contributed by atoms with Crippen molar-refractivity contribution in [3.63, 3.8) is 0 Å². The van der Waals surface area contributed by atoms with E-state index in [-0.39, 0.29) is 12.5 Å². The molecule has 0 bridgehead atoms. The van der Waals surface area contributed by atoms with E-state index >= 15 is 0 Å². The Labute approximate surface area is 186 Å². The van der Waals surface area contributed by atoms with Crippen LogP contribution in [-0.4, -0.2) is 42.1 Å². The molecule has 0 radical (unpaired) electrons. The predicted molar refractivity (Wildman–Crippen MR) is 118 cm³/mol. The van der Waals surface area contributed by atoms with E-state index in [4.69, 9.17) is 23.2 Å². The number of nitrogens with zero attached hydrogens (tertiary/aromatic N) is 1. The third-order valence-electron chi connectivity index (χ3n) is 5.32. The van der Waals surface area contributed by atoms with Crippen molar-refractivity contribution in [2.75, 3.05) is 19.6 Å². The van der Waals surface area contributed by atoms with Crippen LogP contribution in [0, 0.1) is 5.92 Å². The van der Waals surface area contributed by atoms with Gasteiger partial charge in [-0.1, -0.05) is 66.5 Å². The quantitative estimate of drug-likeness (QED) is 0.380. The van der Waals surface area contributed by atoms with Crippen molar-refractivity contribution in [3.8, 4) is 0 Å². The summed E-state index contributed by atoms with van der Waals surface area (Å²) in [4.78, 5) is 38.6. The molecule has 1 fully saturated rings. The van der Waals surface area contributed by atoms with E-state index in [1.165, 1.54) is 4.90 Å². The summed E-state index contributed by atoms with van der Waals surface area (Å²) >= 11 is 11.9. The Kier molecular flexibility index (Phi) is 7.51. The van der Waals surface area contributed by atoms with Gasteiger partial charge in [0.2, 0.25) is 11.7 Å². The molecule has 2 aromatic rings. The first-order chi connectivity index (χ1) is 14.4. The van der Waals surface area contributed by atoms with Crippen LogP contribution in [0.1, 0.15) is 30.4 Å². The molecule has 1 aliphatic rings. The molecule has 0 aliphatic carbocycles. The van der Waals surface area contributed by atoms with Crippen molar-refractivity contribution in [2.45, 2.75) is 25.7 Å². The number of aryl methyl sites for hydroxylation is 1. The van der Waals surface area contributed by atoms with E-state index < -0.39 is 23.5 Å². The summed E-state index contributed by atoms with van der Waals surface area (Å²) in [6.45, 7) is 2.96. The molecule has 30 heavy (non-hydrogen) atoms. The van der Waals surface area contributed by atoms with Crippen molar-refractivity contribution in [1.82, 2.24) is 10.2 Å². The summed E-state index contributed by atoms with van der Waals surface area (Å²) in [6, 6.07) is 15.2. The molecule has 0 spiro atoms. The molecule has 2 amide bonds. The Morgan fingerprint density at radius 3 is 2.57 bits per heavy atom.